The quantitative estimate of drug-likeness (QED) is 0.0627. The Labute approximate surface area is 285 Å². The number of benzene rings is 4. The third-order valence-corrected chi connectivity index (χ3v) is 6.61. The molecular weight excluding hydrogens is 672 g/mol. The minimum Gasteiger partial charge on any atom is -0.506 e. The summed E-state index contributed by atoms with van der Waals surface area (Å²) in [6.45, 7) is 0. The number of carboxylic acids is 1. The highest BCUT2D eigenvalue weighted by molar-refractivity contribution is 5.96. The summed E-state index contributed by atoms with van der Waals surface area (Å²) >= 11 is 0. The molecule has 0 saturated heterocycles. The molecular formula is C30H26N12O9. The van der Waals surface area contributed by atoms with Crippen molar-refractivity contribution in [2.45, 2.75) is 12.8 Å². The summed E-state index contributed by atoms with van der Waals surface area (Å²) in [5.41, 5.74) is 6.68. The van der Waals surface area contributed by atoms with Crippen LogP contribution in [0.15, 0.2) is 97.6 Å². The van der Waals surface area contributed by atoms with Crippen molar-refractivity contribution in [2.75, 3.05) is 11.1 Å². The number of phenols is 2. The average Bonchev–Trinajstić information content (AvgIpc) is 3.83. The van der Waals surface area contributed by atoms with Crippen LogP contribution in [-0.4, -0.2) is 77.5 Å². The molecule has 0 fully saturated rings. The molecule has 0 radical (unpaired) electrons. The van der Waals surface area contributed by atoms with Crippen molar-refractivity contribution < 1.29 is 34.8 Å². The Morgan fingerprint density at radius 1 is 0.706 bits per heavy atom. The monoisotopic (exact) mass is 698 g/mol. The molecule has 0 aliphatic carbocycles. The third-order valence-electron chi connectivity index (χ3n) is 6.61. The van der Waals surface area contributed by atoms with Crippen molar-refractivity contribution in [1.82, 2.24) is 40.4 Å². The molecule has 0 unspecified atom stereocenters. The van der Waals surface area contributed by atoms with Crippen molar-refractivity contribution in [1.29, 1.82) is 0 Å². The number of nitrogens with one attached hydrogen (secondary N) is 1. The lowest BCUT2D eigenvalue weighted by Gasteiger charge is -2.10. The smallest absolute Gasteiger partial charge is 0.307 e. The Morgan fingerprint density at radius 2 is 1.20 bits per heavy atom. The van der Waals surface area contributed by atoms with E-state index in [2.05, 4.69) is 36.4 Å². The van der Waals surface area contributed by atoms with Crippen LogP contribution in [0, 0.1) is 20.2 Å². The largest absolute Gasteiger partial charge is 0.506 e. The molecule has 6 rings (SSSR count). The average molecular weight is 699 g/mol. The zero-order valence-corrected chi connectivity index (χ0v) is 26.0. The minimum atomic E-state index is -0.879. The predicted molar refractivity (Wildman–Crippen MR) is 176 cm³/mol. The van der Waals surface area contributed by atoms with Crippen molar-refractivity contribution in [3.63, 3.8) is 0 Å². The maximum absolute atomic E-state index is 12.3. The van der Waals surface area contributed by atoms with Crippen LogP contribution in [0.25, 0.3) is 11.4 Å². The number of nitrogen functional groups attached to an aromatic ring is 1. The van der Waals surface area contributed by atoms with E-state index in [0.717, 1.165) is 0 Å². The molecule has 2 heterocycles. The second kappa shape index (κ2) is 16.8. The number of nitrogens with two attached hydrogens (primary N) is 1. The van der Waals surface area contributed by atoms with E-state index < -0.39 is 21.7 Å². The molecule has 21 nitrogen and oxygen atoms in total. The lowest BCUT2D eigenvalue weighted by Crippen LogP contribution is -2.17. The first kappa shape index (κ1) is 36.0. The molecule has 260 valence electrons. The number of carboxylic acid groups (broad SMARTS) is 1. The number of nitro benzene ring substituents is 2. The molecule has 4 aromatic carbocycles. The van der Waals surface area contributed by atoms with Crippen LogP contribution in [0.4, 0.5) is 22.7 Å². The number of aromatic nitrogens is 8. The van der Waals surface area contributed by atoms with Gasteiger partial charge in [-0.15, -0.1) is 10.2 Å². The lowest BCUT2D eigenvalue weighted by atomic mass is 10.1. The molecule has 6 N–H and O–H groups in total. The zero-order chi connectivity index (χ0) is 36.9. The number of phenolic OH excluding ortho intramolecular Hbond substituents is 2. The van der Waals surface area contributed by atoms with Crippen LogP contribution in [0.3, 0.4) is 0 Å². The van der Waals surface area contributed by atoms with Crippen molar-refractivity contribution in [3.05, 3.63) is 129 Å². The summed E-state index contributed by atoms with van der Waals surface area (Å²) in [6, 6.07) is 21.8. The number of hydrogen-bond acceptors (Lipinski definition) is 15. The Kier molecular flexibility index (Phi) is 11.9. The molecule has 6 aromatic rings. The van der Waals surface area contributed by atoms with Gasteiger partial charge in [-0.2, -0.15) is 0 Å². The van der Waals surface area contributed by atoms with E-state index in [1.54, 1.807) is 42.5 Å². The van der Waals surface area contributed by atoms with Crippen molar-refractivity contribution >= 4 is 34.6 Å². The summed E-state index contributed by atoms with van der Waals surface area (Å²) in [5.74, 6) is -2.05. The number of rotatable bonds is 9. The van der Waals surface area contributed by atoms with Gasteiger partial charge in [0.15, 0.2) is 11.4 Å². The summed E-state index contributed by atoms with van der Waals surface area (Å²) < 4.78 is 2.85. The van der Waals surface area contributed by atoms with E-state index in [1.807, 2.05) is 6.07 Å². The van der Waals surface area contributed by atoms with Gasteiger partial charge in [-0.25, -0.2) is 9.36 Å². The Hall–Kier alpha value is -7.84. The number of anilines is 2. The van der Waals surface area contributed by atoms with Gasteiger partial charge in [0, 0.05) is 12.1 Å². The van der Waals surface area contributed by atoms with Gasteiger partial charge in [0.1, 0.15) is 24.2 Å². The zero-order valence-electron chi connectivity index (χ0n) is 26.0. The predicted octanol–water partition coefficient (Wildman–Crippen LogP) is 2.63. The van der Waals surface area contributed by atoms with E-state index in [4.69, 9.17) is 15.9 Å². The lowest BCUT2D eigenvalue weighted by molar-refractivity contribution is -0.384. The molecule has 21 heteroatoms. The molecule has 0 bridgehead atoms. The van der Waals surface area contributed by atoms with Gasteiger partial charge in [0.25, 0.3) is 11.4 Å². The van der Waals surface area contributed by atoms with Crippen LogP contribution in [0.2, 0.25) is 0 Å². The molecule has 1 amide bonds. The number of carbonyl (C=O) groups excluding carboxylic acids is 1. The van der Waals surface area contributed by atoms with Crippen LogP contribution in [0.5, 0.6) is 11.5 Å². The van der Waals surface area contributed by atoms with E-state index in [9.17, 15) is 34.9 Å². The van der Waals surface area contributed by atoms with Gasteiger partial charge in [-0.1, -0.05) is 48.5 Å². The number of hydrogen-bond donors (Lipinski definition) is 5. The maximum Gasteiger partial charge on any atom is 0.307 e. The second-order valence-corrected chi connectivity index (χ2v) is 9.96. The normalized spacial score (nSPS) is 10.1. The number of nitrogens with zero attached hydrogens (tertiary/aromatic N) is 10. The van der Waals surface area contributed by atoms with Gasteiger partial charge >= 0.3 is 5.97 Å². The SMILES string of the molecule is Nc1c(O)cccc1[N+](=O)[O-].O=C(Cc1ccccc1-n1cnnn1)Nc1c(O)cccc1[N+](=O)[O-].O=C(O)Cc1ccccc1-n1cnnn1. The number of aliphatic carboxylic acids is 1. The number of amides is 1. The fourth-order valence-corrected chi connectivity index (χ4v) is 4.34. The third kappa shape index (κ3) is 9.60. The number of aromatic hydroxyl groups is 2. The van der Waals surface area contributed by atoms with Crippen LogP contribution in [0.1, 0.15) is 11.1 Å². The number of para-hydroxylation sites is 4. The highest BCUT2D eigenvalue weighted by atomic mass is 16.6. The fourth-order valence-electron chi connectivity index (χ4n) is 4.34. The van der Waals surface area contributed by atoms with Crippen molar-refractivity contribution in [2.24, 2.45) is 0 Å². The molecule has 0 spiro atoms. The summed E-state index contributed by atoms with van der Waals surface area (Å²) in [4.78, 5) is 42.9. The highest BCUT2D eigenvalue weighted by Crippen LogP contribution is 2.33. The number of carbonyl (C=O) groups is 2. The molecule has 51 heavy (non-hydrogen) atoms. The van der Waals surface area contributed by atoms with Crippen LogP contribution >= 0.6 is 0 Å². The molecule has 0 saturated carbocycles. The second-order valence-electron chi connectivity index (χ2n) is 9.96. The first-order valence-corrected chi connectivity index (χ1v) is 14.3. The maximum atomic E-state index is 12.3. The van der Waals surface area contributed by atoms with E-state index in [1.165, 1.54) is 58.4 Å². The standard InChI is InChI=1S/C15H12N6O4.C9H8N4O2.C6H6N2O3/c22-13-7-3-6-12(21(24)25)15(13)17-14(23)8-10-4-1-2-5-11(10)20-9-16-18-19-20;14-9(15)5-7-3-1-2-4-8(7)13-6-10-11-12-13;7-6-4(8(10)11)2-1-3-5(6)9/h1-7,9,22H,8H2,(H,17,23);1-4,6H,5H2,(H,14,15);1-3,9H,7H2. The molecule has 0 atom stereocenters. The fraction of sp³-hybridized carbons (Fsp3) is 0.0667. The summed E-state index contributed by atoms with van der Waals surface area (Å²) in [5, 5.41) is 72.7. The van der Waals surface area contributed by atoms with E-state index in [0.29, 0.717) is 22.5 Å². The summed E-state index contributed by atoms with van der Waals surface area (Å²) in [7, 11) is 0. The van der Waals surface area contributed by atoms with Gasteiger partial charge in [0.05, 0.1) is 34.1 Å². The highest BCUT2D eigenvalue weighted by Gasteiger charge is 2.20. The molecule has 0 aliphatic heterocycles. The minimum absolute atomic E-state index is 0.0456. The summed E-state index contributed by atoms with van der Waals surface area (Å²) in [6.07, 6.45) is 2.70. The number of tetrazole rings is 2. The van der Waals surface area contributed by atoms with Gasteiger partial charge < -0.3 is 26.4 Å². The van der Waals surface area contributed by atoms with Crippen LogP contribution in [-0.2, 0) is 22.4 Å². The molecule has 0 aliphatic rings. The Bertz CT molecular complexity index is 2140. The van der Waals surface area contributed by atoms with Crippen LogP contribution < -0.4 is 11.1 Å². The van der Waals surface area contributed by atoms with Gasteiger partial charge in [-0.05, 0) is 56.2 Å². The van der Waals surface area contributed by atoms with Gasteiger partial charge in [-0.3, -0.25) is 29.8 Å². The topological polar surface area (TPSA) is 306 Å². The first-order valence-electron chi connectivity index (χ1n) is 14.3. The molecule has 2 aromatic heterocycles. The van der Waals surface area contributed by atoms with E-state index >= 15 is 0 Å². The van der Waals surface area contributed by atoms with Crippen molar-refractivity contribution in [3.8, 4) is 22.9 Å². The number of nitro groups is 2. The Balaban J connectivity index is 0.000000190. The van der Waals surface area contributed by atoms with E-state index in [-0.39, 0.29) is 47.1 Å². The first-order chi connectivity index (χ1) is 24.5. The van der Waals surface area contributed by atoms with Gasteiger partial charge in [0.2, 0.25) is 5.91 Å². The Morgan fingerprint density at radius 3 is 1.67 bits per heavy atom.